The van der Waals surface area contributed by atoms with Crippen molar-refractivity contribution in [1.82, 2.24) is 10.2 Å². The number of hydrogen-bond donors (Lipinski definition) is 1. The highest BCUT2D eigenvalue weighted by Gasteiger charge is 2.34. The van der Waals surface area contributed by atoms with Gasteiger partial charge in [-0.05, 0) is 67.8 Å². The number of nitrogens with zero attached hydrogens (tertiary/aromatic N) is 2. The SMILES string of the molecule is COc1ccc(S(=O)(=O)N(CC(=O)N(Cc2ccccc2Cl)[C@@H](C)C(=O)NC2CCCCC2)c2ccccc2OC)cc1. The molecule has 0 unspecified atom stereocenters. The van der Waals surface area contributed by atoms with Crippen LogP contribution in [0, 0.1) is 0 Å². The Labute approximate surface area is 258 Å². The maximum absolute atomic E-state index is 14.2. The van der Waals surface area contributed by atoms with Crippen molar-refractivity contribution in [3.05, 3.63) is 83.4 Å². The highest BCUT2D eigenvalue weighted by Crippen LogP contribution is 2.33. The molecule has 230 valence electrons. The quantitative estimate of drug-likeness (QED) is 0.288. The lowest BCUT2D eigenvalue weighted by atomic mass is 9.95. The lowest BCUT2D eigenvalue weighted by molar-refractivity contribution is -0.139. The van der Waals surface area contributed by atoms with Crippen molar-refractivity contribution in [2.24, 2.45) is 0 Å². The van der Waals surface area contributed by atoms with Crippen LogP contribution in [0.5, 0.6) is 11.5 Å². The number of anilines is 1. The van der Waals surface area contributed by atoms with Crippen molar-refractivity contribution in [2.45, 2.75) is 62.6 Å². The Morgan fingerprint density at radius 3 is 2.23 bits per heavy atom. The average Bonchev–Trinajstić information content (AvgIpc) is 3.03. The normalized spacial score (nSPS) is 14.4. The highest BCUT2D eigenvalue weighted by atomic mass is 35.5. The van der Waals surface area contributed by atoms with E-state index in [1.807, 2.05) is 0 Å². The number of carbonyl (C=O) groups is 2. The summed E-state index contributed by atoms with van der Waals surface area (Å²) < 4.78 is 39.9. The highest BCUT2D eigenvalue weighted by molar-refractivity contribution is 7.92. The summed E-state index contributed by atoms with van der Waals surface area (Å²) in [7, 11) is -1.35. The Balaban J connectivity index is 1.71. The molecule has 0 heterocycles. The molecule has 1 atom stereocenters. The molecule has 9 nitrogen and oxygen atoms in total. The van der Waals surface area contributed by atoms with Crippen LogP contribution in [0.25, 0.3) is 0 Å². The Morgan fingerprint density at radius 2 is 1.58 bits per heavy atom. The lowest BCUT2D eigenvalue weighted by Crippen LogP contribution is -2.53. The summed E-state index contributed by atoms with van der Waals surface area (Å²) in [5.74, 6) is -0.112. The topological polar surface area (TPSA) is 105 Å². The molecule has 11 heteroatoms. The fraction of sp³-hybridized carbons (Fsp3) is 0.375. The van der Waals surface area contributed by atoms with Crippen LogP contribution in [0.15, 0.2) is 77.7 Å². The number of rotatable bonds is 12. The Hall–Kier alpha value is -3.76. The van der Waals surface area contributed by atoms with Crippen molar-refractivity contribution < 1.29 is 27.5 Å². The first kappa shape index (κ1) is 32.2. The Kier molecular flexibility index (Phi) is 10.9. The molecule has 3 aromatic rings. The maximum Gasteiger partial charge on any atom is 0.264 e. The maximum atomic E-state index is 14.2. The summed E-state index contributed by atoms with van der Waals surface area (Å²) in [6.07, 6.45) is 5.00. The summed E-state index contributed by atoms with van der Waals surface area (Å²) in [6, 6.07) is 18.7. The van der Waals surface area contributed by atoms with Gasteiger partial charge in [-0.2, -0.15) is 0 Å². The van der Waals surface area contributed by atoms with Crippen molar-refractivity contribution in [2.75, 3.05) is 25.1 Å². The molecule has 1 N–H and O–H groups in total. The van der Waals surface area contributed by atoms with Crippen LogP contribution < -0.4 is 19.1 Å². The number of nitrogens with one attached hydrogen (secondary N) is 1. The number of hydrogen-bond acceptors (Lipinski definition) is 6. The fourth-order valence-electron chi connectivity index (χ4n) is 5.19. The van der Waals surface area contributed by atoms with Crippen molar-refractivity contribution in [1.29, 1.82) is 0 Å². The van der Waals surface area contributed by atoms with Gasteiger partial charge < -0.3 is 19.7 Å². The lowest BCUT2D eigenvalue weighted by Gasteiger charge is -2.33. The molecule has 3 aromatic carbocycles. The second-order valence-electron chi connectivity index (χ2n) is 10.5. The fourth-order valence-corrected chi connectivity index (χ4v) is 6.81. The minimum Gasteiger partial charge on any atom is -0.497 e. The van der Waals surface area contributed by atoms with Gasteiger partial charge in [0, 0.05) is 17.6 Å². The number of carbonyl (C=O) groups excluding carboxylic acids is 2. The third-order valence-electron chi connectivity index (χ3n) is 7.70. The van der Waals surface area contributed by atoms with E-state index in [2.05, 4.69) is 5.32 Å². The molecule has 0 saturated heterocycles. The van der Waals surface area contributed by atoms with Crippen LogP contribution in [0.2, 0.25) is 5.02 Å². The minimum absolute atomic E-state index is 0.0140. The summed E-state index contributed by atoms with van der Waals surface area (Å²) >= 11 is 6.46. The predicted octanol–water partition coefficient (Wildman–Crippen LogP) is 5.42. The third kappa shape index (κ3) is 7.80. The number of halogens is 1. The van der Waals surface area contributed by atoms with Crippen LogP contribution >= 0.6 is 11.6 Å². The van der Waals surface area contributed by atoms with Crippen LogP contribution in [0.4, 0.5) is 5.69 Å². The predicted molar refractivity (Wildman–Crippen MR) is 167 cm³/mol. The van der Waals surface area contributed by atoms with Crippen LogP contribution in [-0.4, -0.2) is 58.0 Å². The van der Waals surface area contributed by atoms with Gasteiger partial charge in [0.15, 0.2) is 0 Å². The van der Waals surface area contributed by atoms with E-state index in [0.29, 0.717) is 16.3 Å². The summed E-state index contributed by atoms with van der Waals surface area (Å²) in [6.45, 7) is 1.08. The Bertz CT molecular complexity index is 1510. The molecule has 4 rings (SSSR count). The van der Waals surface area contributed by atoms with E-state index in [1.54, 1.807) is 55.5 Å². The van der Waals surface area contributed by atoms with Gasteiger partial charge in [0.2, 0.25) is 11.8 Å². The number of benzene rings is 3. The zero-order valence-electron chi connectivity index (χ0n) is 24.7. The smallest absolute Gasteiger partial charge is 0.264 e. The van der Waals surface area contributed by atoms with Crippen molar-refractivity contribution in [3.63, 3.8) is 0 Å². The first-order valence-electron chi connectivity index (χ1n) is 14.3. The van der Waals surface area contributed by atoms with E-state index in [4.69, 9.17) is 21.1 Å². The standard InChI is InChI=1S/C32H38ClN3O6S/c1-23(32(38)34-25-12-5-4-6-13-25)35(21-24-11-7-8-14-28(24)33)31(37)22-36(29-15-9-10-16-30(29)42-3)43(39,40)27-19-17-26(41-2)18-20-27/h7-11,14-20,23,25H,4-6,12-13,21-22H2,1-3H3,(H,34,38)/t23-/m0/s1. The van der Waals surface area contributed by atoms with E-state index in [0.717, 1.165) is 36.4 Å². The number of amides is 2. The first-order chi connectivity index (χ1) is 20.6. The zero-order chi connectivity index (χ0) is 31.0. The summed E-state index contributed by atoms with van der Waals surface area (Å²) in [5.41, 5.74) is 0.822. The summed E-state index contributed by atoms with van der Waals surface area (Å²) in [4.78, 5) is 29.0. The molecular weight excluding hydrogens is 590 g/mol. The van der Waals surface area contributed by atoms with Gasteiger partial charge in [-0.15, -0.1) is 0 Å². The number of sulfonamides is 1. The number of methoxy groups -OCH3 is 2. The van der Waals surface area contributed by atoms with E-state index in [9.17, 15) is 18.0 Å². The largest absolute Gasteiger partial charge is 0.497 e. The molecule has 0 radical (unpaired) electrons. The summed E-state index contributed by atoms with van der Waals surface area (Å²) in [5, 5.41) is 3.53. The number of para-hydroxylation sites is 2. The van der Waals surface area contributed by atoms with E-state index < -0.39 is 28.5 Å². The van der Waals surface area contributed by atoms with Gasteiger partial charge in [-0.3, -0.25) is 13.9 Å². The molecule has 2 amide bonds. The minimum atomic E-state index is -4.27. The zero-order valence-corrected chi connectivity index (χ0v) is 26.2. The second-order valence-corrected chi connectivity index (χ2v) is 12.8. The van der Waals surface area contributed by atoms with Crippen molar-refractivity contribution >= 4 is 39.1 Å². The second kappa shape index (κ2) is 14.6. The average molecular weight is 628 g/mol. The van der Waals surface area contributed by atoms with Gasteiger partial charge in [0.25, 0.3) is 10.0 Å². The van der Waals surface area contributed by atoms with E-state index in [1.165, 1.54) is 43.4 Å². The molecule has 0 bridgehead atoms. The van der Waals surface area contributed by atoms with Crippen LogP contribution in [-0.2, 0) is 26.2 Å². The third-order valence-corrected chi connectivity index (χ3v) is 9.84. The van der Waals surface area contributed by atoms with Gasteiger partial charge in [0.1, 0.15) is 24.1 Å². The molecule has 1 aliphatic rings. The molecule has 0 aromatic heterocycles. The molecule has 43 heavy (non-hydrogen) atoms. The molecule has 0 spiro atoms. The van der Waals surface area contributed by atoms with E-state index in [-0.39, 0.29) is 34.8 Å². The Morgan fingerprint density at radius 1 is 0.930 bits per heavy atom. The van der Waals surface area contributed by atoms with Crippen LogP contribution in [0.3, 0.4) is 0 Å². The van der Waals surface area contributed by atoms with Gasteiger partial charge in [0.05, 0.1) is 24.8 Å². The van der Waals surface area contributed by atoms with E-state index >= 15 is 0 Å². The molecule has 1 aliphatic carbocycles. The molecule has 0 aliphatic heterocycles. The van der Waals surface area contributed by atoms with Crippen molar-refractivity contribution in [3.8, 4) is 11.5 Å². The van der Waals surface area contributed by atoms with Gasteiger partial charge in [-0.1, -0.05) is 61.2 Å². The molecule has 1 fully saturated rings. The number of ether oxygens (including phenoxy) is 2. The van der Waals surface area contributed by atoms with Gasteiger partial charge in [-0.25, -0.2) is 8.42 Å². The molecule has 1 saturated carbocycles. The monoisotopic (exact) mass is 627 g/mol. The van der Waals surface area contributed by atoms with Gasteiger partial charge >= 0.3 is 0 Å². The molecular formula is C32H38ClN3O6S. The first-order valence-corrected chi connectivity index (χ1v) is 16.1. The van der Waals surface area contributed by atoms with Crippen LogP contribution in [0.1, 0.15) is 44.6 Å².